The molecular weight excluding hydrogens is 222 g/mol. The Morgan fingerprint density at radius 3 is 2.53 bits per heavy atom. The van der Waals surface area contributed by atoms with E-state index < -0.39 is 17.7 Å². The average Bonchev–Trinajstić information content (AvgIpc) is 2.76. The summed E-state index contributed by atoms with van der Waals surface area (Å²) >= 11 is 0. The van der Waals surface area contributed by atoms with Crippen molar-refractivity contribution in [1.29, 1.82) is 0 Å². The van der Waals surface area contributed by atoms with Crippen molar-refractivity contribution < 1.29 is 13.9 Å². The van der Waals surface area contributed by atoms with Gasteiger partial charge in [0.25, 0.3) is 0 Å². The molecule has 94 valence electrons. The fourth-order valence-electron chi connectivity index (χ4n) is 2.61. The summed E-state index contributed by atoms with van der Waals surface area (Å²) in [5.41, 5.74) is 0.374. The monoisotopic (exact) mass is 240 g/mol. The molecule has 1 aromatic rings. The molecule has 1 saturated carbocycles. The smallest absolute Gasteiger partial charge is 0.129 e. The van der Waals surface area contributed by atoms with Crippen molar-refractivity contribution in [2.45, 2.75) is 45.1 Å². The summed E-state index contributed by atoms with van der Waals surface area (Å²) in [7, 11) is 0. The predicted octanol–water partition coefficient (Wildman–Crippen LogP) is 3.89. The van der Waals surface area contributed by atoms with Crippen LogP contribution in [0.3, 0.4) is 0 Å². The van der Waals surface area contributed by atoms with Crippen LogP contribution < -0.4 is 0 Å². The van der Waals surface area contributed by atoms with Crippen LogP contribution in [-0.4, -0.2) is 5.11 Å². The minimum Gasteiger partial charge on any atom is -0.388 e. The number of benzene rings is 1. The second kappa shape index (κ2) is 5.13. The van der Waals surface area contributed by atoms with Crippen molar-refractivity contribution >= 4 is 0 Å². The summed E-state index contributed by atoms with van der Waals surface area (Å²) in [5, 5.41) is 9.97. The first kappa shape index (κ1) is 12.5. The van der Waals surface area contributed by atoms with Gasteiger partial charge >= 0.3 is 0 Å². The van der Waals surface area contributed by atoms with Gasteiger partial charge in [0.1, 0.15) is 11.6 Å². The Hall–Kier alpha value is -0.960. The van der Waals surface area contributed by atoms with E-state index in [9.17, 15) is 13.9 Å². The van der Waals surface area contributed by atoms with Gasteiger partial charge in [0.2, 0.25) is 0 Å². The van der Waals surface area contributed by atoms with Crippen molar-refractivity contribution in [1.82, 2.24) is 0 Å². The Bertz CT molecular complexity index is 397. The van der Waals surface area contributed by atoms with Gasteiger partial charge in [-0.05, 0) is 37.0 Å². The minimum absolute atomic E-state index is 0.0972. The molecule has 3 heteroatoms. The number of aliphatic hydroxyl groups is 1. The van der Waals surface area contributed by atoms with E-state index in [2.05, 4.69) is 0 Å². The van der Waals surface area contributed by atoms with Crippen LogP contribution in [0.5, 0.6) is 0 Å². The van der Waals surface area contributed by atoms with Gasteiger partial charge in [-0.3, -0.25) is 0 Å². The molecular formula is C14H18F2O. The van der Waals surface area contributed by atoms with Crippen LogP contribution in [0.2, 0.25) is 0 Å². The zero-order chi connectivity index (χ0) is 12.4. The van der Waals surface area contributed by atoms with Gasteiger partial charge in [-0.2, -0.15) is 0 Å². The molecule has 1 unspecified atom stereocenters. The van der Waals surface area contributed by atoms with Gasteiger partial charge in [-0.1, -0.05) is 25.7 Å². The lowest BCUT2D eigenvalue weighted by molar-refractivity contribution is 0.140. The lowest BCUT2D eigenvalue weighted by Gasteiger charge is -2.16. The second-order valence-corrected chi connectivity index (χ2v) is 5.02. The van der Waals surface area contributed by atoms with Gasteiger partial charge in [0, 0.05) is 5.56 Å². The van der Waals surface area contributed by atoms with E-state index in [-0.39, 0.29) is 11.1 Å². The third-order valence-corrected chi connectivity index (χ3v) is 3.67. The van der Waals surface area contributed by atoms with Crippen LogP contribution in [0.25, 0.3) is 0 Å². The Balaban J connectivity index is 2.12. The van der Waals surface area contributed by atoms with Gasteiger partial charge < -0.3 is 5.11 Å². The summed E-state index contributed by atoms with van der Waals surface area (Å²) in [4.78, 5) is 0. The molecule has 1 fully saturated rings. The molecule has 0 spiro atoms. The molecule has 1 aromatic carbocycles. The van der Waals surface area contributed by atoms with Crippen molar-refractivity contribution in [2.24, 2.45) is 5.92 Å². The summed E-state index contributed by atoms with van der Waals surface area (Å²) in [6.45, 7) is 1.52. The number of aliphatic hydroxyl groups excluding tert-OH is 1. The Morgan fingerprint density at radius 1 is 1.24 bits per heavy atom. The number of hydrogen-bond acceptors (Lipinski definition) is 1. The summed E-state index contributed by atoms with van der Waals surface area (Å²) in [6.07, 6.45) is 4.21. The number of halogens is 2. The van der Waals surface area contributed by atoms with Crippen LogP contribution in [0.4, 0.5) is 8.78 Å². The summed E-state index contributed by atoms with van der Waals surface area (Å²) in [5.74, 6) is -0.505. The zero-order valence-electron chi connectivity index (χ0n) is 10.0. The molecule has 0 radical (unpaired) electrons. The first-order valence-corrected chi connectivity index (χ1v) is 6.21. The highest BCUT2D eigenvalue weighted by atomic mass is 19.1. The van der Waals surface area contributed by atoms with E-state index >= 15 is 0 Å². The quantitative estimate of drug-likeness (QED) is 0.849. The van der Waals surface area contributed by atoms with Gasteiger partial charge in [0.05, 0.1) is 6.10 Å². The highest BCUT2D eigenvalue weighted by Gasteiger charge is 2.22. The number of rotatable bonds is 3. The molecule has 1 N–H and O–H groups in total. The second-order valence-electron chi connectivity index (χ2n) is 5.02. The average molecular weight is 240 g/mol. The summed E-state index contributed by atoms with van der Waals surface area (Å²) < 4.78 is 27.0. The molecule has 0 bridgehead atoms. The van der Waals surface area contributed by atoms with E-state index in [1.54, 1.807) is 0 Å². The Labute approximate surface area is 100 Å². The maximum atomic E-state index is 13.6. The van der Waals surface area contributed by atoms with E-state index in [0.29, 0.717) is 12.3 Å². The first-order chi connectivity index (χ1) is 8.08. The predicted molar refractivity (Wildman–Crippen MR) is 62.6 cm³/mol. The molecule has 17 heavy (non-hydrogen) atoms. The van der Waals surface area contributed by atoms with Crippen LogP contribution in [-0.2, 0) is 0 Å². The third kappa shape index (κ3) is 2.83. The normalized spacial score (nSPS) is 18.6. The third-order valence-electron chi connectivity index (χ3n) is 3.67. The Kier molecular flexibility index (Phi) is 3.77. The molecule has 0 saturated heterocycles. The molecule has 1 nitrogen and oxygen atoms in total. The van der Waals surface area contributed by atoms with E-state index in [4.69, 9.17) is 0 Å². The molecule has 0 aromatic heterocycles. The zero-order valence-corrected chi connectivity index (χ0v) is 10.0. The number of aryl methyl sites for hydroxylation is 1. The van der Waals surface area contributed by atoms with E-state index in [1.807, 2.05) is 0 Å². The van der Waals surface area contributed by atoms with Gasteiger partial charge in [-0.25, -0.2) is 8.78 Å². The topological polar surface area (TPSA) is 20.2 Å². The van der Waals surface area contributed by atoms with Crippen LogP contribution in [0.15, 0.2) is 12.1 Å². The van der Waals surface area contributed by atoms with Crippen LogP contribution in [0.1, 0.15) is 49.3 Å². The molecule has 2 rings (SSSR count). The van der Waals surface area contributed by atoms with Crippen molar-refractivity contribution in [3.63, 3.8) is 0 Å². The maximum absolute atomic E-state index is 13.6. The molecule has 0 amide bonds. The molecule has 1 aliphatic carbocycles. The van der Waals surface area contributed by atoms with Crippen molar-refractivity contribution in [3.05, 3.63) is 34.9 Å². The Morgan fingerprint density at radius 2 is 1.88 bits per heavy atom. The van der Waals surface area contributed by atoms with Gasteiger partial charge in [0.15, 0.2) is 0 Å². The number of hydrogen-bond donors (Lipinski definition) is 1. The van der Waals surface area contributed by atoms with E-state index in [1.165, 1.54) is 19.8 Å². The molecule has 0 aliphatic heterocycles. The van der Waals surface area contributed by atoms with Gasteiger partial charge in [-0.15, -0.1) is 0 Å². The largest absolute Gasteiger partial charge is 0.388 e. The SMILES string of the molecule is Cc1cc(F)c(C(O)CC2CCCC2)cc1F. The fraction of sp³-hybridized carbons (Fsp3) is 0.571. The molecule has 1 atom stereocenters. The molecule has 1 aliphatic rings. The lowest BCUT2D eigenvalue weighted by Crippen LogP contribution is -2.07. The maximum Gasteiger partial charge on any atom is 0.129 e. The van der Waals surface area contributed by atoms with Crippen LogP contribution in [0, 0.1) is 24.5 Å². The minimum atomic E-state index is -0.881. The highest BCUT2D eigenvalue weighted by Crippen LogP contribution is 2.34. The van der Waals surface area contributed by atoms with Crippen LogP contribution >= 0.6 is 0 Å². The summed E-state index contributed by atoms with van der Waals surface area (Å²) in [6, 6.07) is 2.28. The standard InChI is InChI=1S/C14H18F2O/c1-9-6-13(16)11(8-12(9)15)14(17)7-10-4-2-3-5-10/h6,8,10,14,17H,2-5,7H2,1H3. The van der Waals surface area contributed by atoms with Crippen molar-refractivity contribution in [2.75, 3.05) is 0 Å². The van der Waals surface area contributed by atoms with E-state index in [0.717, 1.165) is 25.0 Å². The fourth-order valence-corrected chi connectivity index (χ4v) is 2.61. The highest BCUT2D eigenvalue weighted by molar-refractivity contribution is 5.26. The lowest BCUT2D eigenvalue weighted by atomic mass is 9.95. The molecule has 0 heterocycles. The van der Waals surface area contributed by atoms with Crippen molar-refractivity contribution in [3.8, 4) is 0 Å². The first-order valence-electron chi connectivity index (χ1n) is 6.21.